The van der Waals surface area contributed by atoms with E-state index in [0.29, 0.717) is 18.3 Å². The molecule has 0 spiro atoms. The van der Waals surface area contributed by atoms with Crippen LogP contribution >= 0.6 is 0 Å². The predicted molar refractivity (Wildman–Crippen MR) is 69.4 cm³/mol. The second kappa shape index (κ2) is 4.50. The first-order chi connectivity index (χ1) is 9.13. The fourth-order valence-electron chi connectivity index (χ4n) is 2.03. The molecule has 0 N–H and O–H groups in total. The van der Waals surface area contributed by atoms with E-state index in [1.807, 2.05) is 30.7 Å². The highest BCUT2D eigenvalue weighted by Crippen LogP contribution is 2.18. The summed E-state index contributed by atoms with van der Waals surface area (Å²) in [7, 11) is 0. The smallest absolute Gasteiger partial charge is 0.229 e. The zero-order valence-corrected chi connectivity index (χ0v) is 10.8. The molecule has 0 bridgehead atoms. The van der Waals surface area contributed by atoms with Crippen LogP contribution in [0.5, 0.6) is 0 Å². The lowest BCUT2D eigenvalue weighted by Crippen LogP contribution is -2.00. The first kappa shape index (κ1) is 11.9. The number of nitrogens with zero attached hydrogens (tertiary/aromatic N) is 3. The van der Waals surface area contributed by atoms with Crippen LogP contribution < -0.4 is 0 Å². The highest BCUT2D eigenvalue weighted by molar-refractivity contribution is 5.80. The maximum absolute atomic E-state index is 13.1. The van der Waals surface area contributed by atoms with Crippen LogP contribution in [0.3, 0.4) is 0 Å². The average Bonchev–Trinajstić information content (AvgIpc) is 2.97. The van der Waals surface area contributed by atoms with Crippen LogP contribution in [0.2, 0.25) is 0 Å². The molecule has 0 aliphatic rings. The molecule has 0 atom stereocenters. The monoisotopic (exact) mass is 259 g/mol. The number of fused-ring (bicyclic) bond motifs is 1. The van der Waals surface area contributed by atoms with E-state index >= 15 is 0 Å². The minimum Gasteiger partial charge on any atom is -0.340 e. The number of benzene rings is 1. The van der Waals surface area contributed by atoms with Gasteiger partial charge >= 0.3 is 0 Å². The third-order valence-corrected chi connectivity index (χ3v) is 3.02. The predicted octanol–water partition coefficient (Wildman–Crippen LogP) is 3.34. The number of halogens is 1. The second-order valence-electron chi connectivity index (χ2n) is 4.85. The summed E-state index contributed by atoms with van der Waals surface area (Å²) < 4.78 is 20.3. The van der Waals surface area contributed by atoms with Crippen molar-refractivity contribution in [2.24, 2.45) is 0 Å². The quantitative estimate of drug-likeness (QED) is 0.724. The van der Waals surface area contributed by atoms with Crippen LogP contribution in [0.25, 0.3) is 10.9 Å². The summed E-state index contributed by atoms with van der Waals surface area (Å²) in [5.41, 5.74) is 0.956. The molecule has 0 radical (unpaired) electrons. The van der Waals surface area contributed by atoms with Gasteiger partial charge in [0.2, 0.25) is 5.89 Å². The molecule has 0 saturated carbocycles. The van der Waals surface area contributed by atoms with Gasteiger partial charge in [-0.1, -0.05) is 19.0 Å². The van der Waals surface area contributed by atoms with Crippen molar-refractivity contribution in [1.82, 2.24) is 14.7 Å². The third kappa shape index (κ3) is 2.23. The Hall–Kier alpha value is -2.17. The van der Waals surface area contributed by atoms with Crippen LogP contribution in [0.4, 0.5) is 4.39 Å². The Kier molecular flexibility index (Phi) is 2.81. The zero-order chi connectivity index (χ0) is 13.4. The lowest BCUT2D eigenvalue weighted by molar-refractivity contribution is 0.360. The fourth-order valence-corrected chi connectivity index (χ4v) is 2.03. The molecular weight excluding hydrogens is 245 g/mol. The van der Waals surface area contributed by atoms with Gasteiger partial charge in [0, 0.05) is 23.0 Å². The molecule has 5 heteroatoms. The van der Waals surface area contributed by atoms with Gasteiger partial charge in [0.25, 0.3) is 0 Å². The first-order valence-electron chi connectivity index (χ1n) is 6.20. The van der Waals surface area contributed by atoms with Gasteiger partial charge in [0.05, 0.1) is 6.54 Å². The highest BCUT2D eigenvalue weighted by atomic mass is 19.1. The summed E-state index contributed by atoms with van der Waals surface area (Å²) in [6, 6.07) is 6.60. The van der Waals surface area contributed by atoms with E-state index in [1.165, 1.54) is 12.1 Å². The van der Waals surface area contributed by atoms with Crippen LogP contribution in [0.1, 0.15) is 31.5 Å². The van der Waals surface area contributed by atoms with Gasteiger partial charge in [0.1, 0.15) is 5.82 Å². The van der Waals surface area contributed by atoms with E-state index in [0.717, 1.165) is 10.9 Å². The number of hydrogen-bond donors (Lipinski definition) is 0. The van der Waals surface area contributed by atoms with Crippen molar-refractivity contribution in [2.75, 3.05) is 0 Å². The molecule has 0 fully saturated rings. The molecule has 2 heterocycles. The van der Waals surface area contributed by atoms with Crippen molar-refractivity contribution in [3.8, 4) is 0 Å². The van der Waals surface area contributed by atoms with Gasteiger partial charge in [-0.05, 0) is 24.3 Å². The van der Waals surface area contributed by atoms with Crippen molar-refractivity contribution >= 4 is 10.9 Å². The topological polar surface area (TPSA) is 43.9 Å². The highest BCUT2D eigenvalue weighted by Gasteiger charge is 2.11. The molecular formula is C14H14FN3O. The normalized spacial score (nSPS) is 11.6. The summed E-state index contributed by atoms with van der Waals surface area (Å²) in [5, 5.41) is 4.82. The average molecular weight is 259 g/mol. The lowest BCUT2D eigenvalue weighted by atomic mass is 10.2. The molecule has 0 aliphatic heterocycles. The van der Waals surface area contributed by atoms with Gasteiger partial charge in [-0.25, -0.2) is 4.39 Å². The van der Waals surface area contributed by atoms with Gasteiger partial charge in [-0.2, -0.15) is 4.98 Å². The van der Waals surface area contributed by atoms with Crippen LogP contribution in [0, 0.1) is 5.82 Å². The molecule has 0 unspecified atom stereocenters. The second-order valence-corrected chi connectivity index (χ2v) is 4.85. The minimum absolute atomic E-state index is 0.219. The molecule has 19 heavy (non-hydrogen) atoms. The lowest BCUT2D eigenvalue weighted by Gasteiger charge is -2.01. The Morgan fingerprint density at radius 1 is 1.32 bits per heavy atom. The molecule has 98 valence electrons. The SMILES string of the molecule is CC(C)c1nc(Cn2ccc3cc(F)ccc32)no1. The van der Waals surface area contributed by atoms with Crippen molar-refractivity contribution in [3.63, 3.8) is 0 Å². The summed E-state index contributed by atoms with van der Waals surface area (Å²) in [6.45, 7) is 4.53. The Labute approximate surface area is 109 Å². The molecule has 4 nitrogen and oxygen atoms in total. The van der Waals surface area contributed by atoms with Gasteiger partial charge < -0.3 is 9.09 Å². The summed E-state index contributed by atoms with van der Waals surface area (Å²) in [4.78, 5) is 4.34. The largest absolute Gasteiger partial charge is 0.340 e. The molecule has 0 amide bonds. The number of rotatable bonds is 3. The number of aromatic nitrogens is 3. The van der Waals surface area contributed by atoms with E-state index < -0.39 is 0 Å². The van der Waals surface area contributed by atoms with E-state index in [2.05, 4.69) is 10.1 Å². The summed E-state index contributed by atoms with van der Waals surface area (Å²) in [5.74, 6) is 1.26. The first-order valence-corrected chi connectivity index (χ1v) is 6.20. The summed E-state index contributed by atoms with van der Waals surface area (Å²) >= 11 is 0. The Balaban J connectivity index is 1.92. The Morgan fingerprint density at radius 2 is 2.16 bits per heavy atom. The van der Waals surface area contributed by atoms with E-state index in [-0.39, 0.29) is 11.7 Å². The van der Waals surface area contributed by atoms with Gasteiger partial charge in [-0.3, -0.25) is 0 Å². The van der Waals surface area contributed by atoms with Crippen molar-refractivity contribution in [1.29, 1.82) is 0 Å². The molecule has 0 saturated heterocycles. The van der Waals surface area contributed by atoms with Crippen molar-refractivity contribution in [2.45, 2.75) is 26.3 Å². The van der Waals surface area contributed by atoms with Crippen LogP contribution in [0.15, 0.2) is 35.0 Å². The summed E-state index contributed by atoms with van der Waals surface area (Å²) in [6.07, 6.45) is 1.90. The van der Waals surface area contributed by atoms with Crippen molar-refractivity contribution < 1.29 is 8.91 Å². The Bertz CT molecular complexity index is 714. The molecule has 3 rings (SSSR count). The molecule has 0 aliphatic carbocycles. The number of hydrogen-bond acceptors (Lipinski definition) is 3. The van der Waals surface area contributed by atoms with E-state index in [1.54, 1.807) is 6.07 Å². The minimum atomic E-state index is -0.230. The molecule has 3 aromatic rings. The standard InChI is InChI=1S/C14H14FN3O/c1-9(2)14-16-13(17-19-14)8-18-6-5-10-7-11(15)3-4-12(10)18/h3-7,9H,8H2,1-2H3. The zero-order valence-electron chi connectivity index (χ0n) is 10.8. The molecule has 1 aromatic carbocycles. The van der Waals surface area contributed by atoms with Crippen LogP contribution in [-0.4, -0.2) is 14.7 Å². The van der Waals surface area contributed by atoms with Gasteiger partial charge in [-0.15, -0.1) is 0 Å². The molecule has 2 aromatic heterocycles. The fraction of sp³-hybridized carbons (Fsp3) is 0.286. The van der Waals surface area contributed by atoms with Crippen LogP contribution in [-0.2, 0) is 6.54 Å². The van der Waals surface area contributed by atoms with E-state index in [4.69, 9.17) is 4.52 Å². The third-order valence-electron chi connectivity index (χ3n) is 3.02. The maximum Gasteiger partial charge on any atom is 0.229 e. The maximum atomic E-state index is 13.1. The van der Waals surface area contributed by atoms with Crippen molar-refractivity contribution in [3.05, 3.63) is 48.0 Å². The van der Waals surface area contributed by atoms with E-state index in [9.17, 15) is 4.39 Å². The Morgan fingerprint density at radius 3 is 2.89 bits per heavy atom. The van der Waals surface area contributed by atoms with Gasteiger partial charge in [0.15, 0.2) is 5.82 Å².